The quantitative estimate of drug-likeness (QED) is 0.761. The first-order chi connectivity index (χ1) is 11.8. The molecular formula is C17H25N5O2. The summed E-state index contributed by atoms with van der Waals surface area (Å²) in [4.78, 5) is 7.21. The number of benzene rings is 1. The molecular weight excluding hydrogens is 306 g/mol. The fraction of sp³-hybridized carbons (Fsp3) is 0.588. The van der Waals surface area contributed by atoms with Gasteiger partial charge in [0.2, 0.25) is 0 Å². The van der Waals surface area contributed by atoms with E-state index in [9.17, 15) is 0 Å². The van der Waals surface area contributed by atoms with Gasteiger partial charge in [0.05, 0.1) is 32.5 Å². The van der Waals surface area contributed by atoms with E-state index in [2.05, 4.69) is 26.9 Å². The number of rotatable bonds is 3. The number of nitrogens with zero attached hydrogens (tertiary/aromatic N) is 2. The number of anilines is 1. The Morgan fingerprint density at radius 2 is 2.08 bits per heavy atom. The largest absolute Gasteiger partial charge is 0.493 e. The van der Waals surface area contributed by atoms with Gasteiger partial charge in [0.1, 0.15) is 5.84 Å². The van der Waals surface area contributed by atoms with Gasteiger partial charge in [-0.25, -0.2) is 0 Å². The van der Waals surface area contributed by atoms with E-state index in [0.29, 0.717) is 13.3 Å². The Morgan fingerprint density at radius 1 is 1.25 bits per heavy atom. The molecule has 1 aromatic carbocycles. The maximum Gasteiger partial charge on any atom is 0.163 e. The number of fused-ring (bicyclic) bond motifs is 3. The zero-order valence-electron chi connectivity index (χ0n) is 14.3. The minimum absolute atomic E-state index is 0.170. The highest BCUT2D eigenvalue weighted by atomic mass is 16.5. The van der Waals surface area contributed by atoms with E-state index in [1.807, 2.05) is 13.0 Å². The standard InChI is InChI=1S/C17H25N5O2/c1-3-24-14-9-12-11(8-13(14)23-2)15-16(21-12)19-10-20-17(15)22-6-4-18-5-7-22/h8-9,15-16,18-19,21H,3-7,10H2,1-2H3. The van der Waals surface area contributed by atoms with Gasteiger partial charge >= 0.3 is 0 Å². The summed E-state index contributed by atoms with van der Waals surface area (Å²) in [5, 5.41) is 10.5. The van der Waals surface area contributed by atoms with Crippen molar-refractivity contribution in [3.63, 3.8) is 0 Å². The number of methoxy groups -OCH3 is 1. The first-order valence-corrected chi connectivity index (χ1v) is 8.66. The monoisotopic (exact) mass is 331 g/mol. The van der Waals surface area contributed by atoms with Gasteiger partial charge in [-0.3, -0.25) is 10.3 Å². The molecule has 3 aliphatic rings. The highest BCUT2D eigenvalue weighted by Gasteiger charge is 2.40. The maximum atomic E-state index is 5.72. The van der Waals surface area contributed by atoms with E-state index in [-0.39, 0.29) is 12.1 Å². The molecule has 0 aromatic heterocycles. The molecule has 3 aliphatic heterocycles. The molecule has 3 N–H and O–H groups in total. The van der Waals surface area contributed by atoms with Crippen LogP contribution >= 0.6 is 0 Å². The molecule has 0 spiro atoms. The molecule has 4 rings (SSSR count). The van der Waals surface area contributed by atoms with Gasteiger partial charge in [0.25, 0.3) is 0 Å². The Kier molecular flexibility index (Phi) is 4.20. The summed E-state index contributed by atoms with van der Waals surface area (Å²) in [7, 11) is 1.69. The second-order valence-corrected chi connectivity index (χ2v) is 6.24. The second kappa shape index (κ2) is 6.49. The molecule has 3 heterocycles. The van der Waals surface area contributed by atoms with Crippen LogP contribution in [-0.2, 0) is 0 Å². The number of amidine groups is 1. The topological polar surface area (TPSA) is 70.2 Å². The molecule has 0 amide bonds. The predicted molar refractivity (Wildman–Crippen MR) is 94.2 cm³/mol. The molecule has 7 nitrogen and oxygen atoms in total. The summed E-state index contributed by atoms with van der Waals surface area (Å²) in [5.74, 6) is 2.95. The van der Waals surface area contributed by atoms with Crippen LogP contribution in [0.2, 0.25) is 0 Å². The summed E-state index contributed by atoms with van der Waals surface area (Å²) in [6.07, 6.45) is 0.170. The second-order valence-electron chi connectivity index (χ2n) is 6.24. The van der Waals surface area contributed by atoms with Gasteiger partial charge in [-0.1, -0.05) is 0 Å². The fourth-order valence-electron chi connectivity index (χ4n) is 3.79. The predicted octanol–water partition coefficient (Wildman–Crippen LogP) is 0.794. The van der Waals surface area contributed by atoms with Crippen LogP contribution in [0.1, 0.15) is 18.4 Å². The van der Waals surface area contributed by atoms with Crippen molar-refractivity contribution >= 4 is 11.5 Å². The van der Waals surface area contributed by atoms with Gasteiger partial charge in [0, 0.05) is 37.9 Å². The van der Waals surface area contributed by atoms with Crippen LogP contribution in [0.25, 0.3) is 0 Å². The van der Waals surface area contributed by atoms with E-state index < -0.39 is 0 Å². The highest BCUT2D eigenvalue weighted by molar-refractivity contribution is 5.94. The molecule has 2 atom stereocenters. The van der Waals surface area contributed by atoms with Crippen molar-refractivity contribution in [2.24, 2.45) is 4.99 Å². The maximum absolute atomic E-state index is 5.72. The van der Waals surface area contributed by atoms with Crippen LogP contribution in [0.5, 0.6) is 11.5 Å². The van der Waals surface area contributed by atoms with E-state index in [4.69, 9.17) is 14.5 Å². The third kappa shape index (κ3) is 2.57. The van der Waals surface area contributed by atoms with Gasteiger partial charge in [-0.2, -0.15) is 0 Å². The third-order valence-corrected chi connectivity index (χ3v) is 4.89. The Labute approximate surface area is 142 Å². The van der Waals surface area contributed by atoms with Crippen LogP contribution < -0.4 is 25.4 Å². The first-order valence-electron chi connectivity index (χ1n) is 8.66. The van der Waals surface area contributed by atoms with Crippen molar-refractivity contribution in [2.75, 3.05) is 51.9 Å². The van der Waals surface area contributed by atoms with Crippen LogP contribution in [-0.4, -0.2) is 63.5 Å². The number of nitrogens with one attached hydrogen (secondary N) is 3. The summed E-state index contributed by atoms with van der Waals surface area (Å²) < 4.78 is 11.3. The first kappa shape index (κ1) is 15.5. The lowest BCUT2D eigenvalue weighted by Gasteiger charge is -2.37. The SMILES string of the molecule is CCOc1cc2c(cc1OC)C1C(N3CCNCC3)=NCNC1N2. The highest BCUT2D eigenvalue weighted by Crippen LogP contribution is 2.44. The number of ether oxygens (including phenoxy) is 2. The summed E-state index contributed by atoms with van der Waals surface area (Å²) in [6.45, 7) is 7.28. The van der Waals surface area contributed by atoms with Gasteiger partial charge in [0.15, 0.2) is 11.5 Å². The lowest BCUT2D eigenvalue weighted by atomic mass is 9.95. The smallest absolute Gasteiger partial charge is 0.163 e. The molecule has 2 unspecified atom stereocenters. The molecule has 24 heavy (non-hydrogen) atoms. The van der Waals surface area contributed by atoms with Crippen LogP contribution in [0.3, 0.4) is 0 Å². The van der Waals surface area contributed by atoms with Crippen molar-refractivity contribution in [3.8, 4) is 11.5 Å². The molecule has 0 radical (unpaired) electrons. The summed E-state index contributed by atoms with van der Waals surface area (Å²) >= 11 is 0. The summed E-state index contributed by atoms with van der Waals surface area (Å²) in [5.41, 5.74) is 2.33. The van der Waals surface area contributed by atoms with Crippen molar-refractivity contribution < 1.29 is 9.47 Å². The zero-order valence-corrected chi connectivity index (χ0v) is 14.3. The molecule has 1 aromatic rings. The van der Waals surface area contributed by atoms with Crippen LogP contribution in [0, 0.1) is 0 Å². The fourth-order valence-corrected chi connectivity index (χ4v) is 3.79. The lowest BCUT2D eigenvalue weighted by Crippen LogP contribution is -2.54. The Hall–Kier alpha value is -1.99. The van der Waals surface area contributed by atoms with E-state index in [0.717, 1.165) is 43.4 Å². The molecule has 1 saturated heterocycles. The minimum atomic E-state index is 0.170. The van der Waals surface area contributed by atoms with Crippen LogP contribution in [0.4, 0.5) is 5.69 Å². The van der Waals surface area contributed by atoms with Gasteiger partial charge in [-0.05, 0) is 18.6 Å². The van der Waals surface area contributed by atoms with E-state index in [1.165, 1.54) is 11.4 Å². The van der Waals surface area contributed by atoms with E-state index in [1.54, 1.807) is 7.11 Å². The number of aliphatic imine (C=N–C) groups is 1. The number of hydrogen-bond acceptors (Lipinski definition) is 7. The molecule has 0 aliphatic carbocycles. The molecule has 0 bridgehead atoms. The van der Waals surface area contributed by atoms with Crippen molar-refractivity contribution in [1.29, 1.82) is 0 Å². The average molecular weight is 331 g/mol. The number of hydrogen-bond donors (Lipinski definition) is 3. The minimum Gasteiger partial charge on any atom is -0.493 e. The molecule has 1 fully saturated rings. The van der Waals surface area contributed by atoms with Crippen LogP contribution in [0.15, 0.2) is 17.1 Å². The lowest BCUT2D eigenvalue weighted by molar-refractivity contribution is 0.311. The zero-order chi connectivity index (χ0) is 16.5. The van der Waals surface area contributed by atoms with Crippen molar-refractivity contribution in [3.05, 3.63) is 17.7 Å². The van der Waals surface area contributed by atoms with E-state index >= 15 is 0 Å². The summed E-state index contributed by atoms with van der Waals surface area (Å²) in [6, 6.07) is 4.15. The molecule has 7 heteroatoms. The Morgan fingerprint density at radius 3 is 2.83 bits per heavy atom. The van der Waals surface area contributed by atoms with Crippen molar-refractivity contribution in [2.45, 2.75) is 19.0 Å². The average Bonchev–Trinajstić information content (AvgIpc) is 2.99. The third-order valence-electron chi connectivity index (χ3n) is 4.89. The van der Waals surface area contributed by atoms with Gasteiger partial charge in [-0.15, -0.1) is 0 Å². The molecule has 130 valence electrons. The Balaban J connectivity index is 1.70. The van der Waals surface area contributed by atoms with Gasteiger partial charge < -0.3 is 25.0 Å². The number of piperazine rings is 1. The Bertz CT molecular complexity index is 642. The van der Waals surface area contributed by atoms with Crippen molar-refractivity contribution in [1.82, 2.24) is 15.5 Å². The normalized spacial score (nSPS) is 25.4. The molecule has 0 saturated carbocycles.